The van der Waals surface area contributed by atoms with E-state index in [1.165, 1.54) is 19.3 Å². The van der Waals surface area contributed by atoms with E-state index in [1.807, 2.05) is 31.3 Å². The van der Waals surface area contributed by atoms with E-state index >= 15 is 0 Å². The Hall–Kier alpha value is -1.88. The predicted octanol–water partition coefficient (Wildman–Crippen LogP) is 0.901. The van der Waals surface area contributed by atoms with Crippen LogP contribution in [0.4, 0.5) is 0 Å². The first-order chi connectivity index (χ1) is 11.1. The molecule has 2 aliphatic rings. The lowest BCUT2D eigenvalue weighted by molar-refractivity contribution is -0.942. The number of nitrogens with zero attached hydrogens (tertiary/aromatic N) is 2. The molecule has 0 aliphatic carbocycles. The highest BCUT2D eigenvalue weighted by Crippen LogP contribution is 2.23. The molecule has 2 aromatic rings. The maximum atomic E-state index is 12.7. The zero-order chi connectivity index (χ0) is 16.0. The summed E-state index contributed by atoms with van der Waals surface area (Å²) in [6, 6.07) is 9.62. The van der Waals surface area contributed by atoms with Crippen LogP contribution in [0.25, 0.3) is 10.9 Å². The number of benzene rings is 1. The van der Waals surface area contributed by atoms with Gasteiger partial charge in [-0.15, -0.1) is 0 Å². The highest BCUT2D eigenvalue weighted by Gasteiger charge is 2.40. The van der Waals surface area contributed by atoms with Crippen LogP contribution in [0.2, 0.25) is 0 Å². The maximum Gasteiger partial charge on any atom is 0.272 e. The number of carbonyl (C=O) groups is 1. The van der Waals surface area contributed by atoms with Crippen molar-refractivity contribution in [1.29, 1.82) is 0 Å². The Morgan fingerprint density at radius 1 is 1.26 bits per heavy atom. The fourth-order valence-corrected chi connectivity index (χ4v) is 4.54. The molecular weight excluding hydrogens is 288 g/mol. The summed E-state index contributed by atoms with van der Waals surface area (Å²) in [6.07, 6.45) is 6.12. The number of fused-ring (bicyclic) bond motifs is 3. The first kappa shape index (κ1) is 14.7. The Morgan fingerprint density at radius 3 is 2.70 bits per heavy atom. The summed E-state index contributed by atoms with van der Waals surface area (Å²) in [5, 5.41) is 8.64. The fourth-order valence-electron chi connectivity index (χ4n) is 4.54. The van der Waals surface area contributed by atoms with Gasteiger partial charge in [-0.2, -0.15) is 5.10 Å². The summed E-state index contributed by atoms with van der Waals surface area (Å²) in [4.78, 5) is 14.4. The van der Waals surface area contributed by atoms with Crippen LogP contribution in [0, 0.1) is 0 Å². The molecule has 2 N–H and O–H groups in total. The van der Waals surface area contributed by atoms with Gasteiger partial charge < -0.3 is 10.2 Å². The third-order valence-electron chi connectivity index (χ3n) is 5.84. The van der Waals surface area contributed by atoms with Crippen LogP contribution >= 0.6 is 0 Å². The number of hydrogen-bond acceptors (Lipinski definition) is 2. The van der Waals surface area contributed by atoms with Crippen LogP contribution in [-0.4, -0.2) is 40.9 Å². The second-order valence-corrected chi connectivity index (χ2v) is 7.20. The molecule has 122 valence electrons. The number of amides is 1. The molecule has 2 unspecified atom stereocenters. The van der Waals surface area contributed by atoms with Gasteiger partial charge >= 0.3 is 0 Å². The number of piperidine rings is 2. The van der Waals surface area contributed by atoms with Gasteiger partial charge in [0, 0.05) is 31.3 Å². The Labute approximate surface area is 136 Å². The second-order valence-electron chi connectivity index (χ2n) is 7.20. The Bertz CT molecular complexity index is 724. The van der Waals surface area contributed by atoms with Crippen molar-refractivity contribution < 1.29 is 9.69 Å². The first-order valence-electron chi connectivity index (χ1n) is 8.69. The molecule has 2 bridgehead atoms. The zero-order valence-electron chi connectivity index (χ0n) is 13.9. The average Bonchev–Trinajstić information content (AvgIpc) is 2.86. The minimum atomic E-state index is -0.0237. The molecule has 4 rings (SSSR count). The number of aryl methyl sites for hydroxylation is 1. The minimum absolute atomic E-state index is 0.0237. The third-order valence-corrected chi connectivity index (χ3v) is 5.84. The minimum Gasteiger partial charge on any atom is -0.347 e. The summed E-state index contributed by atoms with van der Waals surface area (Å²) in [6.45, 7) is 0. The molecule has 2 fully saturated rings. The van der Waals surface area contributed by atoms with Crippen molar-refractivity contribution >= 4 is 16.8 Å². The number of aromatic nitrogens is 2. The van der Waals surface area contributed by atoms with Crippen LogP contribution in [0.15, 0.2) is 24.3 Å². The average molecular weight is 313 g/mol. The molecule has 2 saturated heterocycles. The van der Waals surface area contributed by atoms with Crippen molar-refractivity contribution in [2.24, 2.45) is 7.05 Å². The molecule has 23 heavy (non-hydrogen) atoms. The molecule has 1 aromatic heterocycles. The molecule has 0 spiro atoms. The van der Waals surface area contributed by atoms with Gasteiger partial charge in [-0.25, -0.2) is 0 Å². The molecule has 5 nitrogen and oxygen atoms in total. The Balaban J connectivity index is 1.54. The van der Waals surface area contributed by atoms with Gasteiger partial charge in [0.05, 0.1) is 24.6 Å². The number of quaternary nitrogens is 1. The first-order valence-corrected chi connectivity index (χ1v) is 8.69. The van der Waals surface area contributed by atoms with E-state index in [2.05, 4.69) is 17.5 Å². The Morgan fingerprint density at radius 2 is 1.96 bits per heavy atom. The summed E-state index contributed by atoms with van der Waals surface area (Å²) >= 11 is 0. The van der Waals surface area contributed by atoms with Gasteiger partial charge in [0.25, 0.3) is 5.91 Å². The number of rotatable bonds is 2. The summed E-state index contributed by atoms with van der Waals surface area (Å²) < 4.78 is 1.79. The predicted molar refractivity (Wildman–Crippen MR) is 89.5 cm³/mol. The van der Waals surface area contributed by atoms with E-state index in [-0.39, 0.29) is 5.91 Å². The van der Waals surface area contributed by atoms with Crippen LogP contribution in [0.1, 0.15) is 42.6 Å². The quantitative estimate of drug-likeness (QED) is 0.865. The zero-order valence-corrected chi connectivity index (χ0v) is 13.9. The standard InChI is InChI=1S/C18H24N4O/c1-21-13-6-5-7-14(21)11-12(10-13)19-18(23)17-15-8-3-4-9-16(15)22(2)20-17/h3-4,8-9,12-14H,5-7,10-11H2,1-2H3,(H,19,23)/p+1/t12?,13-,14+. The van der Waals surface area contributed by atoms with Crippen molar-refractivity contribution in [3.63, 3.8) is 0 Å². The van der Waals surface area contributed by atoms with Crippen molar-refractivity contribution in [2.45, 2.75) is 50.2 Å². The second kappa shape index (κ2) is 5.64. The summed E-state index contributed by atoms with van der Waals surface area (Å²) in [5.41, 5.74) is 1.56. The van der Waals surface area contributed by atoms with E-state index < -0.39 is 0 Å². The number of nitrogens with one attached hydrogen (secondary N) is 2. The van der Waals surface area contributed by atoms with Gasteiger partial charge in [-0.1, -0.05) is 18.2 Å². The molecule has 0 radical (unpaired) electrons. The van der Waals surface area contributed by atoms with Crippen molar-refractivity contribution in [1.82, 2.24) is 15.1 Å². The van der Waals surface area contributed by atoms with Crippen LogP contribution < -0.4 is 10.2 Å². The molecule has 1 aromatic carbocycles. The van der Waals surface area contributed by atoms with Crippen LogP contribution in [-0.2, 0) is 7.05 Å². The van der Waals surface area contributed by atoms with Crippen molar-refractivity contribution in [2.75, 3.05) is 7.05 Å². The largest absolute Gasteiger partial charge is 0.347 e. The molecular formula is C18H25N4O+. The van der Waals surface area contributed by atoms with Crippen LogP contribution in [0.3, 0.4) is 0 Å². The topological polar surface area (TPSA) is 51.4 Å². The normalized spacial score (nSPS) is 30.3. The van der Waals surface area contributed by atoms with E-state index in [0.717, 1.165) is 23.7 Å². The van der Waals surface area contributed by atoms with E-state index in [4.69, 9.17) is 0 Å². The number of hydrogen-bond donors (Lipinski definition) is 2. The van der Waals surface area contributed by atoms with Crippen LogP contribution in [0.5, 0.6) is 0 Å². The smallest absolute Gasteiger partial charge is 0.272 e. The molecule has 1 amide bonds. The SMILES string of the molecule is Cn1nc(C(=O)NC2C[C@H]3CCC[C@@H](C2)[NH+]3C)c2ccccc21. The lowest BCUT2D eigenvalue weighted by Gasteiger charge is -2.44. The lowest BCUT2D eigenvalue weighted by Crippen LogP contribution is -3.19. The molecule has 4 atom stereocenters. The molecule has 0 saturated carbocycles. The van der Waals surface area contributed by atoms with Gasteiger partial charge in [0.1, 0.15) is 0 Å². The number of carbonyl (C=O) groups excluding carboxylic acids is 1. The highest BCUT2D eigenvalue weighted by molar-refractivity contribution is 6.04. The van der Waals surface area contributed by atoms with Gasteiger partial charge in [0.15, 0.2) is 5.69 Å². The summed E-state index contributed by atoms with van der Waals surface area (Å²) in [7, 11) is 4.21. The maximum absolute atomic E-state index is 12.7. The molecule has 3 heterocycles. The van der Waals surface area contributed by atoms with E-state index in [9.17, 15) is 4.79 Å². The fraction of sp³-hybridized carbons (Fsp3) is 0.556. The monoisotopic (exact) mass is 313 g/mol. The van der Waals surface area contributed by atoms with Gasteiger partial charge in [-0.3, -0.25) is 9.48 Å². The van der Waals surface area contributed by atoms with Crippen molar-refractivity contribution in [3.8, 4) is 0 Å². The van der Waals surface area contributed by atoms with Gasteiger partial charge in [-0.05, 0) is 25.3 Å². The molecule has 2 aliphatic heterocycles. The van der Waals surface area contributed by atoms with E-state index in [1.54, 1.807) is 9.58 Å². The van der Waals surface area contributed by atoms with Gasteiger partial charge in [0.2, 0.25) is 0 Å². The molecule has 5 heteroatoms. The Kier molecular flexibility index (Phi) is 3.60. The summed E-state index contributed by atoms with van der Waals surface area (Å²) in [5.74, 6) is -0.0237. The lowest BCUT2D eigenvalue weighted by atomic mass is 9.82. The highest BCUT2D eigenvalue weighted by atomic mass is 16.2. The van der Waals surface area contributed by atoms with E-state index in [0.29, 0.717) is 23.8 Å². The number of para-hydroxylation sites is 1. The van der Waals surface area contributed by atoms with Crippen molar-refractivity contribution in [3.05, 3.63) is 30.0 Å². The third kappa shape index (κ3) is 2.53.